The fraction of sp³-hybridized carbons (Fsp3) is 0.208. The maximum absolute atomic E-state index is 5.88. The largest absolute Gasteiger partial charge is 0.493 e. The number of benzene rings is 2. The normalized spacial score (nSPS) is 15.1. The second kappa shape index (κ2) is 7.07. The predicted molar refractivity (Wildman–Crippen MR) is 116 cm³/mol. The van der Waals surface area contributed by atoms with Gasteiger partial charge in [-0.25, -0.2) is 9.97 Å². The van der Waals surface area contributed by atoms with Crippen LogP contribution in [0, 0.1) is 0 Å². The first kappa shape index (κ1) is 17.4. The fourth-order valence-corrected chi connectivity index (χ4v) is 4.39. The van der Waals surface area contributed by atoms with E-state index in [1.54, 1.807) is 6.33 Å². The zero-order chi connectivity index (χ0) is 19.9. The Morgan fingerprint density at radius 1 is 1.00 bits per heavy atom. The Hall–Kier alpha value is -3.51. The lowest BCUT2D eigenvalue weighted by Gasteiger charge is -2.17. The van der Waals surface area contributed by atoms with Crippen LogP contribution < -0.4 is 10.1 Å². The zero-order valence-corrected chi connectivity index (χ0v) is 16.5. The summed E-state index contributed by atoms with van der Waals surface area (Å²) in [6, 6.07) is 16.7. The summed E-state index contributed by atoms with van der Waals surface area (Å²) in [6.45, 7) is 3.25. The molecule has 6 rings (SSSR count). The maximum atomic E-state index is 5.88. The molecule has 0 radical (unpaired) electrons. The van der Waals surface area contributed by atoms with E-state index >= 15 is 0 Å². The van der Waals surface area contributed by atoms with E-state index in [9.17, 15) is 0 Å². The number of fused-ring (bicyclic) bond motifs is 3. The summed E-state index contributed by atoms with van der Waals surface area (Å²) in [5, 5.41) is 4.56. The van der Waals surface area contributed by atoms with Gasteiger partial charge in [-0.05, 0) is 17.7 Å². The predicted octanol–water partition coefficient (Wildman–Crippen LogP) is 4.22. The number of pyridine rings is 1. The number of ether oxygens (including phenoxy) is 1. The van der Waals surface area contributed by atoms with Gasteiger partial charge in [-0.3, -0.25) is 9.88 Å². The average Bonchev–Trinajstić information content (AvgIpc) is 3.41. The molecule has 0 saturated heterocycles. The zero-order valence-electron chi connectivity index (χ0n) is 16.5. The van der Waals surface area contributed by atoms with Gasteiger partial charge in [-0.2, -0.15) is 0 Å². The molecule has 1 N–H and O–H groups in total. The van der Waals surface area contributed by atoms with E-state index in [1.807, 2.05) is 24.4 Å². The van der Waals surface area contributed by atoms with Crippen LogP contribution in [0.4, 0.5) is 11.5 Å². The molecule has 4 aromatic rings. The van der Waals surface area contributed by atoms with Crippen LogP contribution in [0.25, 0.3) is 10.9 Å². The highest BCUT2D eigenvalue weighted by atomic mass is 16.5. The molecule has 0 atom stereocenters. The summed E-state index contributed by atoms with van der Waals surface area (Å²) in [6.07, 6.45) is 4.50. The molecule has 2 aliphatic heterocycles. The quantitative estimate of drug-likeness (QED) is 0.558. The Morgan fingerprint density at radius 2 is 1.97 bits per heavy atom. The Balaban J connectivity index is 1.24. The van der Waals surface area contributed by atoms with Crippen LogP contribution in [0.2, 0.25) is 0 Å². The lowest BCUT2D eigenvalue weighted by molar-refractivity contribution is 0.267. The van der Waals surface area contributed by atoms with Crippen LogP contribution in [0.5, 0.6) is 5.75 Å². The van der Waals surface area contributed by atoms with Crippen molar-refractivity contribution >= 4 is 22.4 Å². The molecule has 6 nitrogen and oxygen atoms in total. The smallest absolute Gasteiger partial charge is 0.138 e. The highest BCUT2D eigenvalue weighted by molar-refractivity contribution is 5.82. The summed E-state index contributed by atoms with van der Waals surface area (Å²) in [7, 11) is 0. The molecule has 0 fully saturated rings. The minimum Gasteiger partial charge on any atom is -0.493 e. The summed E-state index contributed by atoms with van der Waals surface area (Å²) >= 11 is 0. The number of nitrogens with zero attached hydrogens (tertiary/aromatic N) is 4. The summed E-state index contributed by atoms with van der Waals surface area (Å²) < 4.78 is 5.88. The highest BCUT2D eigenvalue weighted by Gasteiger charge is 2.26. The van der Waals surface area contributed by atoms with Gasteiger partial charge < -0.3 is 10.1 Å². The van der Waals surface area contributed by atoms with Gasteiger partial charge in [-0.15, -0.1) is 0 Å². The SMILES string of the molecule is c1cc2c(c(CN3Cc4ncnc(Nc5cnc6ccccc6c5)c4C3)c1)OCC2. The van der Waals surface area contributed by atoms with Crippen molar-refractivity contribution in [3.63, 3.8) is 0 Å². The molecule has 148 valence electrons. The standard InChI is InChI=1S/C24H21N5O/c1-2-7-21-17(4-1)10-19(11-25-21)28-24-20-13-29(14-22(20)26-15-27-24)12-18-6-3-5-16-8-9-30-23(16)18/h1-7,10-11,15H,8-9,12-14H2,(H,26,27,28). The molecular formula is C24H21N5O. The number of hydrogen-bond donors (Lipinski definition) is 1. The van der Waals surface area contributed by atoms with E-state index in [4.69, 9.17) is 4.74 Å². The van der Waals surface area contributed by atoms with E-state index < -0.39 is 0 Å². The van der Waals surface area contributed by atoms with Gasteiger partial charge in [0.25, 0.3) is 0 Å². The number of aromatic nitrogens is 3. The Morgan fingerprint density at radius 3 is 2.97 bits per heavy atom. The summed E-state index contributed by atoms with van der Waals surface area (Å²) in [5.41, 5.74) is 6.71. The second-order valence-corrected chi connectivity index (χ2v) is 7.84. The van der Waals surface area contributed by atoms with Gasteiger partial charge in [0.2, 0.25) is 0 Å². The molecule has 4 heterocycles. The number of nitrogens with one attached hydrogen (secondary N) is 1. The Bertz CT molecular complexity index is 1260. The molecule has 0 spiro atoms. The first-order valence-electron chi connectivity index (χ1n) is 10.2. The van der Waals surface area contributed by atoms with Crippen molar-refractivity contribution in [2.24, 2.45) is 0 Å². The third-order valence-corrected chi connectivity index (χ3v) is 5.83. The minimum absolute atomic E-state index is 0.784. The monoisotopic (exact) mass is 395 g/mol. The Kier molecular flexibility index (Phi) is 4.09. The molecule has 6 heteroatoms. The molecule has 2 aromatic heterocycles. The van der Waals surface area contributed by atoms with Gasteiger partial charge >= 0.3 is 0 Å². The van der Waals surface area contributed by atoms with Crippen molar-refractivity contribution in [1.82, 2.24) is 19.9 Å². The van der Waals surface area contributed by atoms with Crippen molar-refractivity contribution in [3.05, 3.63) is 83.4 Å². The third-order valence-electron chi connectivity index (χ3n) is 5.83. The number of rotatable bonds is 4. The topological polar surface area (TPSA) is 63.2 Å². The summed E-state index contributed by atoms with van der Waals surface area (Å²) in [4.78, 5) is 16.0. The van der Waals surface area contributed by atoms with Crippen molar-refractivity contribution in [3.8, 4) is 5.75 Å². The molecule has 2 aromatic carbocycles. The molecule has 0 saturated carbocycles. The number of anilines is 2. The molecule has 30 heavy (non-hydrogen) atoms. The highest BCUT2D eigenvalue weighted by Crippen LogP contribution is 2.34. The minimum atomic E-state index is 0.784. The Labute approximate surface area is 174 Å². The van der Waals surface area contributed by atoms with E-state index in [1.165, 1.54) is 11.1 Å². The number of hydrogen-bond acceptors (Lipinski definition) is 6. The lowest BCUT2D eigenvalue weighted by atomic mass is 10.1. The van der Waals surface area contributed by atoms with Gasteiger partial charge in [0, 0.05) is 42.6 Å². The molecule has 0 aliphatic carbocycles. The van der Waals surface area contributed by atoms with Crippen LogP contribution >= 0.6 is 0 Å². The number of para-hydroxylation sites is 2. The van der Waals surface area contributed by atoms with Crippen LogP contribution in [0.3, 0.4) is 0 Å². The van der Waals surface area contributed by atoms with E-state index in [0.717, 1.165) is 72.1 Å². The fourth-order valence-electron chi connectivity index (χ4n) is 4.39. The van der Waals surface area contributed by atoms with Gasteiger partial charge in [0.15, 0.2) is 0 Å². The van der Waals surface area contributed by atoms with Crippen molar-refractivity contribution in [2.45, 2.75) is 26.1 Å². The van der Waals surface area contributed by atoms with Crippen molar-refractivity contribution < 1.29 is 4.74 Å². The molecular weight excluding hydrogens is 374 g/mol. The van der Waals surface area contributed by atoms with Crippen LogP contribution in [-0.2, 0) is 26.1 Å². The van der Waals surface area contributed by atoms with Gasteiger partial charge in [0.1, 0.15) is 17.9 Å². The molecule has 0 amide bonds. The van der Waals surface area contributed by atoms with Gasteiger partial charge in [-0.1, -0.05) is 36.4 Å². The molecule has 0 bridgehead atoms. The van der Waals surface area contributed by atoms with Crippen molar-refractivity contribution in [1.29, 1.82) is 0 Å². The molecule has 0 unspecified atom stereocenters. The van der Waals surface area contributed by atoms with Crippen LogP contribution in [-0.4, -0.2) is 26.5 Å². The van der Waals surface area contributed by atoms with Crippen molar-refractivity contribution in [2.75, 3.05) is 11.9 Å². The third kappa shape index (κ3) is 3.06. The van der Waals surface area contributed by atoms with Crippen LogP contribution in [0.15, 0.2) is 61.1 Å². The molecule has 2 aliphatic rings. The van der Waals surface area contributed by atoms with Crippen LogP contribution in [0.1, 0.15) is 22.4 Å². The lowest BCUT2D eigenvalue weighted by Crippen LogP contribution is -2.16. The maximum Gasteiger partial charge on any atom is 0.138 e. The second-order valence-electron chi connectivity index (χ2n) is 7.84. The van der Waals surface area contributed by atoms with E-state index in [2.05, 4.69) is 55.5 Å². The average molecular weight is 395 g/mol. The van der Waals surface area contributed by atoms with Gasteiger partial charge in [0.05, 0.1) is 29.7 Å². The summed E-state index contributed by atoms with van der Waals surface area (Å²) in [5.74, 6) is 1.93. The first-order valence-corrected chi connectivity index (χ1v) is 10.2. The van der Waals surface area contributed by atoms with E-state index in [0.29, 0.717) is 0 Å². The first-order chi connectivity index (χ1) is 14.8. The van der Waals surface area contributed by atoms with E-state index in [-0.39, 0.29) is 0 Å².